The Kier molecular flexibility index (Phi) is 5.86. The average Bonchev–Trinajstić information content (AvgIpc) is 2.72. The van der Waals surface area contributed by atoms with E-state index in [4.69, 9.17) is 9.84 Å². The minimum absolute atomic E-state index is 0.286. The summed E-state index contributed by atoms with van der Waals surface area (Å²) in [6.07, 6.45) is 4.62. The van der Waals surface area contributed by atoms with Crippen molar-refractivity contribution >= 4 is 5.97 Å². The van der Waals surface area contributed by atoms with Crippen molar-refractivity contribution in [2.75, 3.05) is 26.2 Å². The standard InChI is InChI=1S/C24H28FNO3/c25-24(12-1-13-24)17-26-14-10-18(11-15-26)16-29-22-8-6-20(7-9-22)19-2-4-21(5-3-19)23(27)28/h2-9,18H,1,10-17H2,(H,27,28). The quantitative estimate of drug-likeness (QED) is 0.712. The van der Waals surface area contributed by atoms with Gasteiger partial charge in [0.25, 0.3) is 0 Å². The van der Waals surface area contributed by atoms with E-state index in [1.165, 1.54) is 0 Å². The molecule has 0 spiro atoms. The van der Waals surface area contributed by atoms with Crippen LogP contribution in [-0.2, 0) is 0 Å². The molecule has 5 heteroatoms. The Balaban J connectivity index is 1.24. The summed E-state index contributed by atoms with van der Waals surface area (Å²) in [5.41, 5.74) is 1.37. The number of ether oxygens (including phenoxy) is 1. The van der Waals surface area contributed by atoms with Gasteiger partial charge in [0.05, 0.1) is 12.2 Å². The molecule has 29 heavy (non-hydrogen) atoms. The Morgan fingerprint density at radius 3 is 2.14 bits per heavy atom. The van der Waals surface area contributed by atoms with Gasteiger partial charge >= 0.3 is 5.97 Å². The maximum absolute atomic E-state index is 14.3. The van der Waals surface area contributed by atoms with E-state index in [9.17, 15) is 9.18 Å². The number of aromatic carboxylic acids is 1. The maximum Gasteiger partial charge on any atom is 0.335 e. The first-order valence-electron chi connectivity index (χ1n) is 10.5. The van der Waals surface area contributed by atoms with Crippen molar-refractivity contribution < 1.29 is 19.0 Å². The van der Waals surface area contributed by atoms with Crippen molar-refractivity contribution in [3.8, 4) is 16.9 Å². The summed E-state index contributed by atoms with van der Waals surface area (Å²) in [5.74, 6) is 0.445. The monoisotopic (exact) mass is 397 g/mol. The highest BCUT2D eigenvalue weighted by Gasteiger charge is 2.39. The topological polar surface area (TPSA) is 49.8 Å². The Bertz CT molecular complexity index is 822. The van der Waals surface area contributed by atoms with Crippen LogP contribution in [0.15, 0.2) is 48.5 Å². The summed E-state index contributed by atoms with van der Waals surface area (Å²) in [4.78, 5) is 13.2. The molecule has 1 N–H and O–H groups in total. The molecule has 0 amide bonds. The fraction of sp³-hybridized carbons (Fsp3) is 0.458. The second kappa shape index (κ2) is 8.54. The highest BCUT2D eigenvalue weighted by Crippen LogP contribution is 2.37. The minimum Gasteiger partial charge on any atom is -0.493 e. The zero-order valence-electron chi connectivity index (χ0n) is 16.6. The number of carboxylic acids is 1. The van der Waals surface area contributed by atoms with E-state index < -0.39 is 11.6 Å². The molecule has 4 nitrogen and oxygen atoms in total. The summed E-state index contributed by atoms with van der Waals surface area (Å²) in [6.45, 7) is 3.23. The minimum atomic E-state index is -0.918. The lowest BCUT2D eigenvalue weighted by atomic mass is 9.81. The summed E-state index contributed by atoms with van der Waals surface area (Å²) >= 11 is 0. The molecule has 2 aliphatic rings. The third-order valence-electron chi connectivity index (χ3n) is 6.27. The van der Waals surface area contributed by atoms with E-state index in [0.29, 0.717) is 19.1 Å². The number of benzene rings is 2. The fourth-order valence-electron chi connectivity index (χ4n) is 4.19. The number of carboxylic acid groups (broad SMARTS) is 1. The summed E-state index contributed by atoms with van der Waals surface area (Å²) < 4.78 is 20.3. The number of halogens is 1. The van der Waals surface area contributed by atoms with Crippen molar-refractivity contribution in [2.24, 2.45) is 5.92 Å². The summed E-state index contributed by atoms with van der Waals surface area (Å²) in [7, 11) is 0. The molecule has 1 aliphatic heterocycles. The van der Waals surface area contributed by atoms with Gasteiger partial charge in [-0.25, -0.2) is 9.18 Å². The number of carbonyl (C=O) groups is 1. The molecule has 0 radical (unpaired) electrons. The van der Waals surface area contributed by atoms with Gasteiger partial charge in [-0.05, 0) is 86.5 Å². The number of hydrogen-bond acceptors (Lipinski definition) is 3. The molecule has 2 aromatic rings. The van der Waals surface area contributed by atoms with Crippen LogP contribution in [0.1, 0.15) is 42.5 Å². The van der Waals surface area contributed by atoms with Crippen LogP contribution in [0.4, 0.5) is 4.39 Å². The average molecular weight is 397 g/mol. The van der Waals surface area contributed by atoms with Crippen LogP contribution in [0.25, 0.3) is 11.1 Å². The van der Waals surface area contributed by atoms with Crippen LogP contribution in [0.3, 0.4) is 0 Å². The SMILES string of the molecule is O=C(O)c1ccc(-c2ccc(OCC3CCN(CC4(F)CCC4)CC3)cc2)cc1. The van der Waals surface area contributed by atoms with Crippen molar-refractivity contribution in [3.63, 3.8) is 0 Å². The van der Waals surface area contributed by atoms with Crippen LogP contribution in [0, 0.1) is 5.92 Å². The van der Waals surface area contributed by atoms with Crippen LogP contribution >= 0.6 is 0 Å². The van der Waals surface area contributed by atoms with Crippen LogP contribution in [0.2, 0.25) is 0 Å². The molecule has 4 rings (SSSR count). The lowest BCUT2D eigenvalue weighted by Gasteiger charge is -2.41. The predicted octanol–water partition coefficient (Wildman–Crippen LogP) is 5.03. The van der Waals surface area contributed by atoms with Crippen molar-refractivity contribution in [3.05, 3.63) is 54.1 Å². The first kappa shape index (κ1) is 19.9. The zero-order valence-corrected chi connectivity index (χ0v) is 16.6. The van der Waals surface area contributed by atoms with Gasteiger partial charge in [0.1, 0.15) is 11.4 Å². The number of rotatable bonds is 7. The Morgan fingerprint density at radius 1 is 1.03 bits per heavy atom. The van der Waals surface area contributed by atoms with E-state index in [-0.39, 0.29) is 5.56 Å². The predicted molar refractivity (Wildman–Crippen MR) is 111 cm³/mol. The van der Waals surface area contributed by atoms with Crippen LogP contribution in [0.5, 0.6) is 5.75 Å². The van der Waals surface area contributed by atoms with Crippen molar-refractivity contribution in [1.29, 1.82) is 0 Å². The number of nitrogens with zero attached hydrogens (tertiary/aromatic N) is 1. The molecule has 0 bridgehead atoms. The largest absolute Gasteiger partial charge is 0.493 e. The van der Waals surface area contributed by atoms with Gasteiger partial charge in [-0.3, -0.25) is 0 Å². The normalized spacial score (nSPS) is 19.5. The molecule has 0 aromatic heterocycles. The van der Waals surface area contributed by atoms with Crippen molar-refractivity contribution in [1.82, 2.24) is 4.90 Å². The van der Waals surface area contributed by atoms with Gasteiger partial charge in [0.15, 0.2) is 0 Å². The summed E-state index contributed by atoms with van der Waals surface area (Å²) in [5, 5.41) is 8.99. The molecule has 0 unspecified atom stereocenters. The van der Waals surface area contributed by atoms with Gasteiger partial charge in [-0.1, -0.05) is 24.3 Å². The van der Waals surface area contributed by atoms with Gasteiger partial charge in [-0.15, -0.1) is 0 Å². The maximum atomic E-state index is 14.3. The Labute approximate surface area is 171 Å². The lowest BCUT2D eigenvalue weighted by Crippen LogP contribution is -2.47. The van der Waals surface area contributed by atoms with Gasteiger partial charge < -0.3 is 14.7 Å². The number of piperidine rings is 1. The van der Waals surface area contributed by atoms with Gasteiger partial charge in [0.2, 0.25) is 0 Å². The molecule has 1 heterocycles. The molecule has 0 atom stereocenters. The highest BCUT2D eigenvalue weighted by atomic mass is 19.1. The second-order valence-electron chi connectivity index (χ2n) is 8.44. The molecule has 1 saturated heterocycles. The Hall–Kier alpha value is -2.40. The van der Waals surface area contributed by atoms with Crippen LogP contribution in [-0.4, -0.2) is 47.9 Å². The van der Waals surface area contributed by atoms with E-state index in [1.54, 1.807) is 12.1 Å². The van der Waals surface area contributed by atoms with E-state index in [0.717, 1.165) is 62.1 Å². The van der Waals surface area contributed by atoms with Gasteiger partial charge in [-0.2, -0.15) is 0 Å². The fourth-order valence-corrected chi connectivity index (χ4v) is 4.19. The van der Waals surface area contributed by atoms with Crippen molar-refractivity contribution in [2.45, 2.75) is 37.8 Å². The molecule has 2 fully saturated rings. The molecular formula is C24H28FNO3. The summed E-state index contributed by atoms with van der Waals surface area (Å²) in [6, 6.07) is 14.8. The first-order chi connectivity index (χ1) is 14.0. The molecular weight excluding hydrogens is 369 g/mol. The molecule has 154 valence electrons. The van der Waals surface area contributed by atoms with Crippen LogP contribution < -0.4 is 4.74 Å². The molecule has 1 saturated carbocycles. The first-order valence-corrected chi connectivity index (χ1v) is 10.5. The Morgan fingerprint density at radius 2 is 1.62 bits per heavy atom. The van der Waals surface area contributed by atoms with E-state index in [1.807, 2.05) is 36.4 Å². The third kappa shape index (κ3) is 4.96. The lowest BCUT2D eigenvalue weighted by molar-refractivity contribution is 0.00740. The molecule has 2 aromatic carbocycles. The van der Waals surface area contributed by atoms with E-state index >= 15 is 0 Å². The van der Waals surface area contributed by atoms with Gasteiger partial charge in [0, 0.05) is 6.54 Å². The smallest absolute Gasteiger partial charge is 0.335 e. The number of hydrogen-bond donors (Lipinski definition) is 1. The van der Waals surface area contributed by atoms with E-state index in [2.05, 4.69) is 4.90 Å². The highest BCUT2D eigenvalue weighted by molar-refractivity contribution is 5.88. The number of likely N-dealkylation sites (tertiary alicyclic amines) is 1. The molecule has 1 aliphatic carbocycles. The third-order valence-corrected chi connectivity index (χ3v) is 6.27. The zero-order chi connectivity index (χ0) is 20.3. The number of alkyl halides is 1. The second-order valence-corrected chi connectivity index (χ2v) is 8.44.